The molecule has 1 aliphatic heterocycles. The monoisotopic (exact) mass is 433 g/mol. The van der Waals surface area contributed by atoms with E-state index < -0.39 is 14.6 Å². The quantitative estimate of drug-likeness (QED) is 0.647. The van der Waals surface area contributed by atoms with Crippen LogP contribution >= 0.6 is 0 Å². The molecule has 3 rings (SSSR count). The molecule has 5 nitrogen and oxygen atoms in total. The van der Waals surface area contributed by atoms with Crippen LogP contribution in [0.25, 0.3) is 0 Å². The molecule has 0 amide bonds. The average Bonchev–Trinajstić information content (AvgIpc) is 2.68. The van der Waals surface area contributed by atoms with Crippen LogP contribution in [0.4, 0.5) is 0 Å². The van der Waals surface area contributed by atoms with Gasteiger partial charge >= 0.3 is 166 Å². The summed E-state index contributed by atoms with van der Waals surface area (Å²) in [6, 6.07) is 20.8. The van der Waals surface area contributed by atoms with E-state index in [1.54, 1.807) is 0 Å². The van der Waals surface area contributed by atoms with Gasteiger partial charge in [-0.1, -0.05) is 0 Å². The fourth-order valence-corrected chi connectivity index (χ4v) is 7.82. The Kier molecular flexibility index (Phi) is 7.46. The molecule has 1 saturated heterocycles. The molecule has 0 aromatic heterocycles. The second-order valence-electron chi connectivity index (χ2n) is 6.50. The van der Waals surface area contributed by atoms with E-state index in [0.29, 0.717) is 19.8 Å². The van der Waals surface area contributed by atoms with Crippen molar-refractivity contribution in [2.24, 2.45) is 0 Å². The van der Waals surface area contributed by atoms with Gasteiger partial charge in [0.1, 0.15) is 0 Å². The summed E-state index contributed by atoms with van der Waals surface area (Å²) < 4.78 is 24.8. The Labute approximate surface area is 165 Å². The second kappa shape index (κ2) is 9.82. The first-order valence-corrected chi connectivity index (χ1v) is 13.0. The molecule has 0 aliphatic carbocycles. The maximum atomic E-state index is 6.66. The SMILES string of the molecule is CC[O][Ge]1([O]CC)[O]CCN(C)C(c2ccccc2)C(c2ccccc2)[O]1. The van der Waals surface area contributed by atoms with E-state index in [1.165, 1.54) is 5.56 Å². The van der Waals surface area contributed by atoms with Crippen LogP contribution in [0.3, 0.4) is 0 Å². The molecule has 0 bridgehead atoms. The fourth-order valence-electron chi connectivity index (χ4n) is 3.46. The standard InChI is InChI=1S/C21H29GeNO4/c1-4-24-22(25-5-2)26-17-16-23(3)20(18-12-8-6-9-13-18)21(27-22)19-14-10-7-11-15-19/h6-15,20-21H,4-5,16-17H2,1-3H3. The van der Waals surface area contributed by atoms with Crippen LogP contribution in [0, 0.1) is 0 Å². The van der Waals surface area contributed by atoms with Crippen molar-refractivity contribution in [1.29, 1.82) is 0 Å². The van der Waals surface area contributed by atoms with E-state index >= 15 is 0 Å². The van der Waals surface area contributed by atoms with Crippen molar-refractivity contribution in [2.75, 3.05) is 33.4 Å². The van der Waals surface area contributed by atoms with Gasteiger partial charge < -0.3 is 0 Å². The Morgan fingerprint density at radius 3 is 2.04 bits per heavy atom. The van der Waals surface area contributed by atoms with Crippen LogP contribution in [-0.4, -0.2) is 52.9 Å². The summed E-state index contributed by atoms with van der Waals surface area (Å²) in [6.45, 7) is 6.23. The van der Waals surface area contributed by atoms with Crippen LogP contribution < -0.4 is 0 Å². The summed E-state index contributed by atoms with van der Waals surface area (Å²) in [5, 5.41) is 0. The first-order valence-electron chi connectivity index (χ1n) is 9.59. The van der Waals surface area contributed by atoms with Gasteiger partial charge in [-0.05, 0) is 0 Å². The molecule has 1 heterocycles. The van der Waals surface area contributed by atoms with E-state index in [-0.39, 0.29) is 12.1 Å². The van der Waals surface area contributed by atoms with Crippen molar-refractivity contribution in [3.8, 4) is 0 Å². The van der Waals surface area contributed by atoms with Gasteiger partial charge in [-0.3, -0.25) is 0 Å². The van der Waals surface area contributed by atoms with Crippen molar-refractivity contribution in [1.82, 2.24) is 4.90 Å². The minimum atomic E-state index is -3.85. The summed E-state index contributed by atoms with van der Waals surface area (Å²) in [5.41, 5.74) is 2.30. The van der Waals surface area contributed by atoms with Gasteiger partial charge in [0.05, 0.1) is 0 Å². The molecule has 2 unspecified atom stereocenters. The number of hydrogen-bond donors (Lipinski definition) is 0. The van der Waals surface area contributed by atoms with Crippen molar-refractivity contribution >= 4 is 14.6 Å². The average molecular weight is 432 g/mol. The summed E-state index contributed by atoms with van der Waals surface area (Å²) in [7, 11) is 2.11. The number of benzene rings is 2. The zero-order chi connectivity index (χ0) is 19.1. The Bertz CT molecular complexity index is 679. The molecule has 0 N–H and O–H groups in total. The molecule has 0 saturated carbocycles. The van der Waals surface area contributed by atoms with Gasteiger partial charge in [0.25, 0.3) is 0 Å². The third-order valence-electron chi connectivity index (χ3n) is 4.67. The first-order chi connectivity index (χ1) is 13.2. The summed E-state index contributed by atoms with van der Waals surface area (Å²) in [4.78, 5) is 2.29. The van der Waals surface area contributed by atoms with Crippen LogP contribution in [0.15, 0.2) is 60.7 Å². The molecule has 6 heteroatoms. The van der Waals surface area contributed by atoms with Crippen LogP contribution in [0.5, 0.6) is 0 Å². The molecule has 1 aliphatic rings. The van der Waals surface area contributed by atoms with Crippen molar-refractivity contribution in [3.63, 3.8) is 0 Å². The molecule has 27 heavy (non-hydrogen) atoms. The van der Waals surface area contributed by atoms with Crippen LogP contribution in [0.2, 0.25) is 0 Å². The van der Waals surface area contributed by atoms with E-state index in [2.05, 4.69) is 48.3 Å². The fraction of sp³-hybridized carbons (Fsp3) is 0.429. The Morgan fingerprint density at radius 1 is 0.926 bits per heavy atom. The molecule has 146 valence electrons. The van der Waals surface area contributed by atoms with E-state index in [1.807, 2.05) is 38.1 Å². The third kappa shape index (κ3) is 4.99. The van der Waals surface area contributed by atoms with Gasteiger partial charge in [0, 0.05) is 0 Å². The number of nitrogens with zero attached hydrogens (tertiary/aromatic N) is 1. The normalized spacial score (nSPS) is 23.5. The zero-order valence-corrected chi connectivity index (χ0v) is 18.4. The number of hydrogen-bond acceptors (Lipinski definition) is 5. The van der Waals surface area contributed by atoms with Crippen LogP contribution in [-0.2, 0) is 15.1 Å². The molecule has 1 fully saturated rings. The Hall–Kier alpha value is -1.22. The Morgan fingerprint density at radius 2 is 1.48 bits per heavy atom. The summed E-state index contributed by atoms with van der Waals surface area (Å²) in [5.74, 6) is 0. The zero-order valence-electron chi connectivity index (χ0n) is 16.3. The van der Waals surface area contributed by atoms with Gasteiger partial charge in [-0.25, -0.2) is 0 Å². The van der Waals surface area contributed by atoms with Crippen LogP contribution in [0.1, 0.15) is 37.1 Å². The Balaban J connectivity index is 2.06. The number of likely N-dealkylation sites (N-methyl/N-ethyl adjacent to an activating group) is 1. The molecule has 2 aromatic rings. The summed E-state index contributed by atoms with van der Waals surface area (Å²) >= 11 is -3.85. The van der Waals surface area contributed by atoms with Gasteiger partial charge in [-0.15, -0.1) is 0 Å². The number of rotatable bonds is 6. The van der Waals surface area contributed by atoms with Gasteiger partial charge in [0.15, 0.2) is 0 Å². The first kappa shape index (κ1) is 20.5. The predicted octanol–water partition coefficient (Wildman–Crippen LogP) is 3.96. The van der Waals surface area contributed by atoms with Crippen molar-refractivity contribution in [2.45, 2.75) is 26.0 Å². The maximum absolute atomic E-state index is 6.66. The van der Waals surface area contributed by atoms with E-state index in [4.69, 9.17) is 15.1 Å². The predicted molar refractivity (Wildman–Crippen MR) is 107 cm³/mol. The molecular weight excluding hydrogens is 403 g/mol. The topological polar surface area (TPSA) is 40.2 Å². The van der Waals surface area contributed by atoms with Crippen molar-refractivity contribution < 1.29 is 15.1 Å². The molecular formula is C21H29GeNO4. The molecule has 0 radical (unpaired) electrons. The third-order valence-corrected chi connectivity index (χ3v) is 9.67. The molecule has 2 atom stereocenters. The van der Waals surface area contributed by atoms with Crippen molar-refractivity contribution in [3.05, 3.63) is 71.8 Å². The molecule has 0 spiro atoms. The summed E-state index contributed by atoms with van der Waals surface area (Å²) in [6.07, 6.45) is -0.239. The molecule has 2 aromatic carbocycles. The second-order valence-corrected chi connectivity index (χ2v) is 10.9. The minimum absolute atomic E-state index is 0.0448. The van der Waals surface area contributed by atoms with Gasteiger partial charge in [0.2, 0.25) is 0 Å². The van der Waals surface area contributed by atoms with E-state index in [0.717, 1.165) is 12.1 Å². The van der Waals surface area contributed by atoms with Gasteiger partial charge in [-0.2, -0.15) is 0 Å². The van der Waals surface area contributed by atoms with E-state index in [9.17, 15) is 0 Å².